The summed E-state index contributed by atoms with van der Waals surface area (Å²) in [4.78, 5) is 20.1. The monoisotopic (exact) mass is 378 g/mol. The lowest BCUT2D eigenvalue weighted by atomic mass is 10.1. The Balaban J connectivity index is 1.94. The number of nitrogens with two attached hydrogens (primary N) is 1. The average molecular weight is 379 g/mol. The average Bonchev–Trinajstić information content (AvgIpc) is 3.02. The minimum absolute atomic E-state index is 0.173. The standard InChI is InChI=1S/C18H34N8O/c1-5-20-18(23-15-6-8-26(9-7-15)13-17(19)27)21-11-16(24(2)3)14-10-22-25(4)12-14/h10,12,15-16H,5-9,11,13H2,1-4H3,(H2,19,27)(H2,20,21,23). The van der Waals surface area contributed by atoms with Crippen molar-refractivity contribution in [1.82, 2.24) is 30.2 Å². The lowest BCUT2D eigenvalue weighted by Crippen LogP contribution is -2.50. The molecule has 1 atom stereocenters. The van der Waals surface area contributed by atoms with Crippen molar-refractivity contribution in [3.63, 3.8) is 0 Å². The van der Waals surface area contributed by atoms with E-state index in [0.717, 1.165) is 44.0 Å². The van der Waals surface area contributed by atoms with Gasteiger partial charge in [0.05, 0.1) is 25.3 Å². The van der Waals surface area contributed by atoms with Crippen LogP contribution in [-0.4, -0.2) is 84.3 Å². The number of aromatic nitrogens is 2. The molecule has 1 fully saturated rings. The summed E-state index contributed by atoms with van der Waals surface area (Å²) in [6.07, 6.45) is 5.87. The molecular formula is C18H34N8O. The van der Waals surface area contributed by atoms with Crippen LogP contribution in [0.25, 0.3) is 0 Å². The first-order valence-corrected chi connectivity index (χ1v) is 9.59. The largest absolute Gasteiger partial charge is 0.369 e. The number of aryl methyl sites for hydroxylation is 1. The maximum absolute atomic E-state index is 11.1. The number of primary amides is 1. The van der Waals surface area contributed by atoms with Crippen LogP contribution in [0.1, 0.15) is 31.4 Å². The van der Waals surface area contributed by atoms with Crippen molar-refractivity contribution in [2.75, 3.05) is 46.8 Å². The molecule has 9 heteroatoms. The van der Waals surface area contributed by atoms with Crippen molar-refractivity contribution in [2.24, 2.45) is 17.8 Å². The topological polar surface area (TPSA) is 104 Å². The van der Waals surface area contributed by atoms with Crippen molar-refractivity contribution < 1.29 is 4.79 Å². The zero-order valence-corrected chi connectivity index (χ0v) is 17.0. The second-order valence-corrected chi connectivity index (χ2v) is 7.31. The molecule has 1 unspecified atom stereocenters. The quantitative estimate of drug-likeness (QED) is 0.417. The van der Waals surface area contributed by atoms with Crippen molar-refractivity contribution >= 4 is 11.9 Å². The Morgan fingerprint density at radius 3 is 2.67 bits per heavy atom. The first kappa shape index (κ1) is 21.2. The third-order valence-electron chi connectivity index (χ3n) is 4.81. The Hall–Kier alpha value is -2.13. The van der Waals surface area contributed by atoms with Gasteiger partial charge >= 0.3 is 0 Å². The number of hydrogen-bond acceptors (Lipinski definition) is 5. The summed E-state index contributed by atoms with van der Waals surface area (Å²) in [5.41, 5.74) is 6.44. The number of nitrogens with one attached hydrogen (secondary N) is 2. The first-order chi connectivity index (χ1) is 12.9. The molecule has 0 saturated carbocycles. The highest BCUT2D eigenvalue weighted by Gasteiger charge is 2.21. The maximum Gasteiger partial charge on any atom is 0.231 e. The van der Waals surface area contributed by atoms with Crippen LogP contribution in [0.3, 0.4) is 0 Å². The van der Waals surface area contributed by atoms with Crippen LogP contribution in [0.15, 0.2) is 17.4 Å². The van der Waals surface area contributed by atoms with Crippen LogP contribution >= 0.6 is 0 Å². The van der Waals surface area contributed by atoms with E-state index < -0.39 is 0 Å². The van der Waals surface area contributed by atoms with Gasteiger partial charge in [-0.25, -0.2) is 0 Å². The van der Waals surface area contributed by atoms with E-state index in [9.17, 15) is 4.79 Å². The van der Waals surface area contributed by atoms with Gasteiger partial charge in [-0.2, -0.15) is 5.10 Å². The lowest BCUT2D eigenvalue weighted by Gasteiger charge is -2.32. The van der Waals surface area contributed by atoms with E-state index in [-0.39, 0.29) is 11.9 Å². The van der Waals surface area contributed by atoms with Crippen LogP contribution in [0.2, 0.25) is 0 Å². The number of rotatable bonds is 8. The Bertz CT molecular complexity index is 619. The predicted octanol–water partition coefficient (Wildman–Crippen LogP) is -0.472. The summed E-state index contributed by atoms with van der Waals surface area (Å²) >= 11 is 0. The van der Waals surface area contributed by atoms with Gasteiger partial charge in [0.1, 0.15) is 0 Å². The van der Waals surface area contributed by atoms with Crippen LogP contribution in [0, 0.1) is 0 Å². The predicted molar refractivity (Wildman–Crippen MR) is 107 cm³/mol. The summed E-state index contributed by atoms with van der Waals surface area (Å²) < 4.78 is 1.82. The van der Waals surface area contributed by atoms with Crippen molar-refractivity contribution in [2.45, 2.75) is 31.8 Å². The molecule has 0 bridgehead atoms. The number of carbonyl (C=O) groups is 1. The molecule has 27 heavy (non-hydrogen) atoms. The van der Waals surface area contributed by atoms with Crippen molar-refractivity contribution in [1.29, 1.82) is 0 Å². The molecule has 1 amide bonds. The molecule has 1 saturated heterocycles. The van der Waals surface area contributed by atoms with E-state index in [1.165, 1.54) is 0 Å². The van der Waals surface area contributed by atoms with E-state index in [0.29, 0.717) is 19.1 Å². The fourth-order valence-corrected chi connectivity index (χ4v) is 3.33. The number of piperidine rings is 1. The fourth-order valence-electron chi connectivity index (χ4n) is 3.33. The summed E-state index contributed by atoms with van der Waals surface area (Å²) in [6, 6.07) is 0.523. The third kappa shape index (κ3) is 6.84. The molecule has 152 valence electrons. The number of hydrogen-bond donors (Lipinski definition) is 3. The molecule has 1 aromatic heterocycles. The molecule has 4 N–H and O–H groups in total. The molecule has 2 rings (SSSR count). The molecule has 2 heterocycles. The molecule has 1 aliphatic heterocycles. The highest BCUT2D eigenvalue weighted by Crippen LogP contribution is 2.17. The summed E-state index contributed by atoms with van der Waals surface area (Å²) in [6.45, 7) is 5.61. The molecule has 9 nitrogen and oxygen atoms in total. The summed E-state index contributed by atoms with van der Waals surface area (Å²) in [5.74, 6) is 0.572. The SMILES string of the molecule is CCNC(=NCC(c1cnn(C)c1)N(C)C)NC1CCN(CC(N)=O)CC1. The summed E-state index contributed by atoms with van der Waals surface area (Å²) in [7, 11) is 6.04. The molecule has 1 aliphatic rings. The lowest BCUT2D eigenvalue weighted by molar-refractivity contribution is -0.119. The number of nitrogens with zero attached hydrogens (tertiary/aromatic N) is 5. The first-order valence-electron chi connectivity index (χ1n) is 9.59. The molecule has 0 aromatic carbocycles. The van der Waals surface area contributed by atoms with E-state index in [2.05, 4.69) is 46.6 Å². The van der Waals surface area contributed by atoms with Gasteiger partial charge in [-0.15, -0.1) is 0 Å². The van der Waals surface area contributed by atoms with Gasteiger partial charge in [0.15, 0.2) is 5.96 Å². The third-order valence-corrected chi connectivity index (χ3v) is 4.81. The van der Waals surface area contributed by atoms with Gasteiger partial charge in [0, 0.05) is 44.5 Å². The second-order valence-electron chi connectivity index (χ2n) is 7.31. The van der Waals surface area contributed by atoms with E-state index in [1.54, 1.807) is 0 Å². The zero-order valence-electron chi connectivity index (χ0n) is 17.0. The maximum atomic E-state index is 11.1. The van der Waals surface area contributed by atoms with Crippen molar-refractivity contribution in [3.05, 3.63) is 18.0 Å². The van der Waals surface area contributed by atoms with Gasteiger partial charge in [0.25, 0.3) is 0 Å². The number of likely N-dealkylation sites (N-methyl/N-ethyl adjacent to an activating group) is 1. The van der Waals surface area contributed by atoms with Gasteiger partial charge in [0.2, 0.25) is 5.91 Å². The number of carbonyl (C=O) groups excluding carboxylic acids is 1. The number of likely N-dealkylation sites (tertiary alicyclic amines) is 1. The Morgan fingerprint density at radius 2 is 2.15 bits per heavy atom. The Kier molecular flexibility index (Phi) is 8.05. The normalized spacial score (nSPS) is 17.9. The molecular weight excluding hydrogens is 344 g/mol. The Labute approximate surface area is 162 Å². The van der Waals surface area contributed by atoms with Crippen LogP contribution in [0.5, 0.6) is 0 Å². The Morgan fingerprint density at radius 1 is 1.44 bits per heavy atom. The van der Waals surface area contributed by atoms with E-state index >= 15 is 0 Å². The van der Waals surface area contributed by atoms with Crippen LogP contribution in [-0.2, 0) is 11.8 Å². The van der Waals surface area contributed by atoms with Crippen LogP contribution < -0.4 is 16.4 Å². The van der Waals surface area contributed by atoms with Gasteiger partial charge < -0.3 is 21.3 Å². The molecule has 1 aromatic rings. The summed E-state index contributed by atoms with van der Waals surface area (Å²) in [5, 5.41) is 11.2. The van der Waals surface area contributed by atoms with Gasteiger partial charge in [-0.05, 0) is 33.9 Å². The fraction of sp³-hybridized carbons (Fsp3) is 0.722. The molecule has 0 aliphatic carbocycles. The van der Waals surface area contributed by atoms with Gasteiger partial charge in [-0.3, -0.25) is 19.4 Å². The highest BCUT2D eigenvalue weighted by molar-refractivity contribution is 5.80. The minimum atomic E-state index is -0.263. The number of guanidine groups is 1. The van der Waals surface area contributed by atoms with Gasteiger partial charge in [-0.1, -0.05) is 0 Å². The van der Waals surface area contributed by atoms with Crippen LogP contribution in [0.4, 0.5) is 0 Å². The van der Waals surface area contributed by atoms with E-state index in [1.807, 2.05) is 24.1 Å². The minimum Gasteiger partial charge on any atom is -0.369 e. The zero-order chi connectivity index (χ0) is 19.8. The molecule has 0 radical (unpaired) electrons. The second kappa shape index (κ2) is 10.3. The number of amides is 1. The molecule has 0 spiro atoms. The van der Waals surface area contributed by atoms with E-state index in [4.69, 9.17) is 10.7 Å². The van der Waals surface area contributed by atoms with Crippen molar-refractivity contribution in [3.8, 4) is 0 Å². The number of aliphatic imine (C=N–C) groups is 1. The highest BCUT2D eigenvalue weighted by atomic mass is 16.1. The smallest absolute Gasteiger partial charge is 0.231 e.